The fraction of sp³-hybridized carbons (Fsp3) is 0.500. The Hall–Kier alpha value is -3.29. The number of carbonyl (C=O) groups excluding carboxylic acids is 1. The molecule has 0 radical (unpaired) electrons. The Morgan fingerprint density at radius 3 is 2.73 bits per heavy atom. The molecule has 1 spiro atoms. The van der Waals surface area contributed by atoms with E-state index in [-0.39, 0.29) is 34.9 Å². The van der Waals surface area contributed by atoms with E-state index < -0.39 is 22.9 Å². The normalized spacial score (nSPS) is 20.5. The lowest BCUT2D eigenvalue weighted by Crippen LogP contribution is -2.42. The number of carbonyl (C=O) groups is 1. The third kappa shape index (κ3) is 4.59. The summed E-state index contributed by atoms with van der Waals surface area (Å²) in [5, 5.41) is 10.0. The molecule has 3 aromatic rings. The topological polar surface area (TPSA) is 115 Å². The molecule has 10 nitrogen and oxygen atoms in total. The van der Waals surface area contributed by atoms with E-state index in [9.17, 15) is 22.8 Å². The van der Waals surface area contributed by atoms with Crippen LogP contribution in [0.5, 0.6) is 0 Å². The first-order valence-electron chi connectivity index (χ1n) is 13.1. The van der Waals surface area contributed by atoms with Gasteiger partial charge in [0.15, 0.2) is 11.0 Å². The van der Waals surface area contributed by atoms with Gasteiger partial charge in [0.2, 0.25) is 11.7 Å². The minimum atomic E-state index is -4.67. The quantitative estimate of drug-likeness (QED) is 0.456. The maximum Gasteiger partial charge on any atom is 0.433 e. The van der Waals surface area contributed by atoms with Crippen molar-refractivity contribution in [2.45, 2.75) is 56.7 Å². The molecule has 0 unspecified atom stereocenters. The molecule has 1 fully saturated rings. The molecule has 0 bridgehead atoms. The van der Waals surface area contributed by atoms with Crippen LogP contribution in [0.25, 0.3) is 11.4 Å². The highest BCUT2D eigenvalue weighted by Gasteiger charge is 2.47. The van der Waals surface area contributed by atoms with Crippen molar-refractivity contribution < 1.29 is 22.7 Å². The van der Waals surface area contributed by atoms with Gasteiger partial charge in [0.25, 0.3) is 5.56 Å². The molecule has 5 heterocycles. The number of rotatable bonds is 4. The molecule has 2 aliphatic heterocycles. The van der Waals surface area contributed by atoms with Gasteiger partial charge in [-0.3, -0.25) is 9.59 Å². The average molecular weight is 578 g/mol. The lowest BCUT2D eigenvalue weighted by Gasteiger charge is -2.34. The van der Waals surface area contributed by atoms with Crippen LogP contribution in [-0.2, 0) is 27.7 Å². The number of pyridine rings is 1. The number of piperidine rings is 1. The third-order valence-electron chi connectivity index (χ3n) is 8.00. The zero-order chi connectivity index (χ0) is 28.2. The second-order valence-electron chi connectivity index (χ2n) is 10.6. The van der Waals surface area contributed by atoms with E-state index in [2.05, 4.69) is 20.7 Å². The van der Waals surface area contributed by atoms with Crippen molar-refractivity contribution in [3.05, 3.63) is 56.5 Å². The van der Waals surface area contributed by atoms with Crippen molar-refractivity contribution in [2.75, 3.05) is 31.6 Å². The van der Waals surface area contributed by atoms with E-state index >= 15 is 0 Å². The van der Waals surface area contributed by atoms with Crippen LogP contribution >= 0.6 is 11.6 Å². The number of alkyl halides is 3. The molecule has 212 valence electrons. The maximum absolute atomic E-state index is 14.0. The van der Waals surface area contributed by atoms with Gasteiger partial charge in [0, 0.05) is 16.7 Å². The predicted molar refractivity (Wildman–Crippen MR) is 140 cm³/mol. The number of aromatic nitrogens is 5. The van der Waals surface area contributed by atoms with Gasteiger partial charge in [0.05, 0.1) is 18.9 Å². The number of anilines is 1. The molecule has 40 heavy (non-hydrogen) atoms. The Morgan fingerprint density at radius 1 is 1.27 bits per heavy atom. The molecule has 1 saturated heterocycles. The second kappa shape index (κ2) is 9.96. The molecule has 2 N–H and O–H groups in total. The summed E-state index contributed by atoms with van der Waals surface area (Å²) in [5.74, 6) is 0.0536. The van der Waals surface area contributed by atoms with Gasteiger partial charge in [-0.1, -0.05) is 24.6 Å². The summed E-state index contributed by atoms with van der Waals surface area (Å²) in [6.45, 7) is 4.28. The van der Waals surface area contributed by atoms with Gasteiger partial charge in [0.1, 0.15) is 12.2 Å². The van der Waals surface area contributed by atoms with Crippen LogP contribution in [0, 0.1) is 0 Å². The lowest BCUT2D eigenvalue weighted by atomic mass is 9.74. The van der Waals surface area contributed by atoms with Crippen molar-refractivity contribution in [3.63, 3.8) is 0 Å². The van der Waals surface area contributed by atoms with E-state index in [0.717, 1.165) is 55.8 Å². The van der Waals surface area contributed by atoms with Crippen LogP contribution in [0.1, 0.15) is 61.3 Å². The monoisotopic (exact) mass is 577 g/mol. The van der Waals surface area contributed by atoms with E-state index in [0.29, 0.717) is 31.0 Å². The summed E-state index contributed by atoms with van der Waals surface area (Å²) in [6.07, 6.45) is 0.140. The van der Waals surface area contributed by atoms with Gasteiger partial charge in [-0.05, 0) is 62.4 Å². The zero-order valence-electron chi connectivity index (χ0n) is 21.6. The smallest absolute Gasteiger partial charge is 0.377 e. The lowest BCUT2D eigenvalue weighted by molar-refractivity contribution is -0.141. The molecule has 3 aliphatic rings. The van der Waals surface area contributed by atoms with Gasteiger partial charge in [-0.25, -0.2) is 4.98 Å². The van der Waals surface area contributed by atoms with E-state index in [1.165, 1.54) is 4.52 Å². The van der Waals surface area contributed by atoms with E-state index in [4.69, 9.17) is 21.3 Å². The average Bonchev–Trinajstić information content (AvgIpc) is 3.48. The minimum Gasteiger partial charge on any atom is -0.377 e. The molecule has 14 heteroatoms. The van der Waals surface area contributed by atoms with Crippen LogP contribution in [0.4, 0.5) is 18.9 Å². The Labute approximate surface area is 231 Å². The summed E-state index contributed by atoms with van der Waals surface area (Å²) in [7, 11) is 0. The Balaban J connectivity index is 1.44. The van der Waals surface area contributed by atoms with Crippen LogP contribution in [0.3, 0.4) is 0 Å². The van der Waals surface area contributed by atoms with Crippen LogP contribution in [0.15, 0.2) is 23.0 Å². The number of fused-ring (bicyclic) bond motifs is 3. The first kappa shape index (κ1) is 26.9. The summed E-state index contributed by atoms with van der Waals surface area (Å²) in [4.78, 5) is 35.4. The highest BCUT2D eigenvalue weighted by atomic mass is 35.5. The molecule has 3 aromatic heterocycles. The molecule has 6 rings (SSSR count). The third-order valence-corrected chi connectivity index (χ3v) is 8.29. The molecule has 1 aliphatic carbocycles. The fourth-order valence-electron chi connectivity index (χ4n) is 6.27. The molecule has 1 atom stereocenters. The van der Waals surface area contributed by atoms with Gasteiger partial charge in [-0.2, -0.15) is 22.7 Å². The molecule has 0 saturated carbocycles. The number of hydrogen-bond acceptors (Lipinski definition) is 7. The summed E-state index contributed by atoms with van der Waals surface area (Å²) < 4.78 is 47.4. The summed E-state index contributed by atoms with van der Waals surface area (Å²) in [6, 6.07) is 1.83. The predicted octanol–water partition coefficient (Wildman–Crippen LogP) is 3.53. The zero-order valence-corrected chi connectivity index (χ0v) is 22.4. The first-order chi connectivity index (χ1) is 19.1. The van der Waals surface area contributed by atoms with Crippen molar-refractivity contribution in [2.24, 2.45) is 0 Å². The molecular weight excluding hydrogens is 551 g/mol. The van der Waals surface area contributed by atoms with Crippen molar-refractivity contribution in [3.8, 4) is 0 Å². The Bertz CT molecular complexity index is 1590. The van der Waals surface area contributed by atoms with Gasteiger partial charge in [-0.15, -0.1) is 5.10 Å². The summed E-state index contributed by atoms with van der Waals surface area (Å²) in [5.41, 5.74) is 0.487. The number of nitrogens with one attached hydrogen (secondary N) is 2. The number of halogens is 4. The maximum atomic E-state index is 14.0. The van der Waals surface area contributed by atoms with E-state index in [1.54, 1.807) is 4.57 Å². The summed E-state index contributed by atoms with van der Waals surface area (Å²) >= 11 is 5.98. The molecular formula is C26H27ClF3N7O3. The largest absolute Gasteiger partial charge is 0.433 e. The molecule has 0 aromatic carbocycles. The number of hydrogen-bond donors (Lipinski definition) is 2. The Morgan fingerprint density at radius 2 is 2.05 bits per heavy atom. The van der Waals surface area contributed by atoms with Crippen molar-refractivity contribution in [1.82, 2.24) is 29.5 Å². The SMILES string of the molecule is C[C@@H]1CC2(CCNCC2)c2c1n(CC(=O)Nc1ccc(C(F)(F)F)nc1Cl)c1nc(C3=CCOCC3)nn1c2=O. The standard InChI is InChI=1S/C26H27ClF3N7O3/c1-14-12-25(6-8-31-9-7-25)19-20(14)36(13-18(38)32-16-2-3-17(26(28,29)30)33-21(16)27)24-34-22(35-37(24)23(19)39)15-4-10-40-11-5-15/h2-4,14,31H,5-13H2,1H3,(H,32,38)/t14-/m1/s1. The van der Waals surface area contributed by atoms with Crippen molar-refractivity contribution >= 4 is 34.5 Å². The van der Waals surface area contributed by atoms with Crippen LogP contribution < -0.4 is 16.2 Å². The first-order valence-corrected chi connectivity index (χ1v) is 13.5. The highest BCUT2D eigenvalue weighted by molar-refractivity contribution is 6.32. The van der Waals surface area contributed by atoms with Crippen molar-refractivity contribution in [1.29, 1.82) is 0 Å². The van der Waals surface area contributed by atoms with Gasteiger partial charge < -0.3 is 19.9 Å². The second-order valence-corrected chi connectivity index (χ2v) is 10.9. The fourth-order valence-corrected chi connectivity index (χ4v) is 6.47. The molecule has 1 amide bonds. The Kier molecular flexibility index (Phi) is 6.70. The van der Waals surface area contributed by atoms with E-state index in [1.807, 2.05) is 13.0 Å². The minimum absolute atomic E-state index is 0.0302. The van der Waals surface area contributed by atoms with Crippen LogP contribution in [-0.4, -0.2) is 56.4 Å². The highest BCUT2D eigenvalue weighted by Crippen LogP contribution is 2.49. The number of nitrogens with zero attached hydrogens (tertiary/aromatic N) is 5. The van der Waals surface area contributed by atoms with Crippen LogP contribution in [0.2, 0.25) is 5.15 Å². The number of amides is 1. The number of ether oxygens (including phenoxy) is 1. The van der Waals surface area contributed by atoms with Gasteiger partial charge >= 0.3 is 6.18 Å².